The number of hydrogen-bond acceptors (Lipinski definition) is 3. The van der Waals surface area contributed by atoms with Crippen LogP contribution in [0.15, 0.2) is 35.4 Å². The summed E-state index contributed by atoms with van der Waals surface area (Å²) in [5, 5.41) is 13.8. The number of rotatable bonds is 2. The molecule has 1 heterocycles. The molecule has 7 heteroatoms. The standard InChI is InChI=1S/C15H15F3N2O2/c1-9-8-14(22,15(16,17)18)20(19-9)13(21)12-7-11(12)10-5-3-2-4-6-10/h2-6,11-12,22H,7-8H2,1H3/t11-,12+,14+/m0/s1. The molecule has 1 aliphatic heterocycles. The molecular weight excluding hydrogens is 297 g/mol. The minimum Gasteiger partial charge on any atom is -0.362 e. The molecule has 0 radical (unpaired) electrons. The van der Waals surface area contributed by atoms with E-state index < -0.39 is 30.1 Å². The van der Waals surface area contributed by atoms with Gasteiger partial charge in [-0.05, 0) is 24.8 Å². The number of aliphatic hydroxyl groups is 1. The van der Waals surface area contributed by atoms with Crippen LogP contribution < -0.4 is 0 Å². The summed E-state index contributed by atoms with van der Waals surface area (Å²) in [7, 11) is 0. The first-order chi connectivity index (χ1) is 10.2. The molecule has 1 fully saturated rings. The number of hydrazone groups is 1. The number of nitrogens with zero attached hydrogens (tertiary/aromatic N) is 2. The summed E-state index contributed by atoms with van der Waals surface area (Å²) in [6.07, 6.45) is -5.17. The van der Waals surface area contributed by atoms with Gasteiger partial charge in [-0.3, -0.25) is 4.79 Å². The van der Waals surface area contributed by atoms with E-state index in [9.17, 15) is 23.1 Å². The Balaban J connectivity index is 1.81. The Labute approximate surface area is 125 Å². The summed E-state index contributed by atoms with van der Waals surface area (Å²) in [6, 6.07) is 9.15. The first-order valence-corrected chi connectivity index (χ1v) is 6.96. The maximum absolute atomic E-state index is 13.1. The van der Waals surface area contributed by atoms with Crippen LogP contribution in [-0.4, -0.2) is 33.6 Å². The zero-order chi connectivity index (χ0) is 16.1. The van der Waals surface area contributed by atoms with Crippen molar-refractivity contribution in [3.05, 3.63) is 35.9 Å². The minimum atomic E-state index is -4.94. The first-order valence-electron chi connectivity index (χ1n) is 6.96. The maximum Gasteiger partial charge on any atom is 0.438 e. The van der Waals surface area contributed by atoms with Gasteiger partial charge in [0, 0.05) is 18.1 Å². The molecule has 1 aromatic carbocycles. The molecule has 0 unspecified atom stereocenters. The fraction of sp³-hybridized carbons (Fsp3) is 0.467. The second-order valence-corrected chi connectivity index (χ2v) is 5.84. The van der Waals surface area contributed by atoms with Gasteiger partial charge in [-0.25, -0.2) is 0 Å². The number of carbonyl (C=O) groups excluding carboxylic acids is 1. The van der Waals surface area contributed by atoms with Gasteiger partial charge in [0.25, 0.3) is 5.72 Å². The van der Waals surface area contributed by atoms with Gasteiger partial charge in [0.05, 0.1) is 0 Å². The number of benzene rings is 1. The largest absolute Gasteiger partial charge is 0.438 e. The Morgan fingerprint density at radius 1 is 1.36 bits per heavy atom. The Morgan fingerprint density at radius 3 is 2.59 bits per heavy atom. The predicted octanol–water partition coefficient (Wildman–Crippen LogP) is 2.65. The number of carbonyl (C=O) groups is 1. The Hall–Kier alpha value is -1.89. The highest BCUT2D eigenvalue weighted by Gasteiger charge is 2.64. The zero-order valence-electron chi connectivity index (χ0n) is 11.8. The summed E-state index contributed by atoms with van der Waals surface area (Å²) in [6.45, 7) is 1.37. The number of hydrogen-bond donors (Lipinski definition) is 1. The molecule has 3 atom stereocenters. The van der Waals surface area contributed by atoms with Crippen LogP contribution in [0, 0.1) is 5.92 Å². The normalized spacial score (nSPS) is 31.1. The van der Waals surface area contributed by atoms with E-state index in [4.69, 9.17) is 0 Å². The van der Waals surface area contributed by atoms with Gasteiger partial charge in [0.2, 0.25) is 5.91 Å². The molecule has 1 N–H and O–H groups in total. The number of amides is 1. The van der Waals surface area contributed by atoms with Crippen molar-refractivity contribution in [2.24, 2.45) is 11.0 Å². The summed E-state index contributed by atoms with van der Waals surface area (Å²) in [5.41, 5.74) is -2.22. The van der Waals surface area contributed by atoms with Crippen LogP contribution in [0.25, 0.3) is 0 Å². The van der Waals surface area contributed by atoms with E-state index in [2.05, 4.69) is 5.10 Å². The van der Waals surface area contributed by atoms with Crippen molar-refractivity contribution in [3.63, 3.8) is 0 Å². The molecule has 0 aromatic heterocycles. The van der Waals surface area contributed by atoms with Crippen LogP contribution in [0.1, 0.15) is 31.2 Å². The lowest BCUT2D eigenvalue weighted by molar-refractivity contribution is -0.302. The third-order valence-electron chi connectivity index (χ3n) is 4.12. The summed E-state index contributed by atoms with van der Waals surface area (Å²) in [5.74, 6) is -1.45. The smallest absolute Gasteiger partial charge is 0.362 e. The minimum absolute atomic E-state index is 0.0880. The van der Waals surface area contributed by atoms with Gasteiger partial charge < -0.3 is 5.11 Å². The molecule has 0 saturated heterocycles. The Bertz CT molecular complexity index is 629. The summed E-state index contributed by atoms with van der Waals surface area (Å²) >= 11 is 0. The van der Waals surface area contributed by atoms with E-state index in [0.717, 1.165) is 5.56 Å². The van der Waals surface area contributed by atoms with Crippen LogP contribution >= 0.6 is 0 Å². The quantitative estimate of drug-likeness (QED) is 0.913. The fourth-order valence-corrected chi connectivity index (χ4v) is 2.87. The highest BCUT2D eigenvalue weighted by atomic mass is 19.4. The van der Waals surface area contributed by atoms with E-state index in [0.29, 0.717) is 6.42 Å². The average molecular weight is 312 g/mol. The van der Waals surface area contributed by atoms with Crippen LogP contribution in [0.2, 0.25) is 0 Å². The van der Waals surface area contributed by atoms with Crippen molar-refractivity contribution in [1.29, 1.82) is 0 Å². The number of alkyl halides is 3. The lowest BCUT2D eigenvalue weighted by Crippen LogP contribution is -2.57. The third kappa shape index (κ3) is 2.29. The number of halogens is 3. The van der Waals surface area contributed by atoms with Crippen LogP contribution in [0.3, 0.4) is 0 Å². The fourth-order valence-electron chi connectivity index (χ4n) is 2.87. The van der Waals surface area contributed by atoms with Gasteiger partial charge >= 0.3 is 6.18 Å². The highest BCUT2D eigenvalue weighted by molar-refractivity contribution is 5.91. The first kappa shape index (κ1) is 15.0. The van der Waals surface area contributed by atoms with Gasteiger partial charge in [0.1, 0.15) is 0 Å². The van der Waals surface area contributed by atoms with Crippen molar-refractivity contribution in [3.8, 4) is 0 Å². The SMILES string of the molecule is CC1=NN(C(=O)[C@@H]2C[C@H]2c2ccccc2)[C@](O)(C(F)(F)F)C1. The molecule has 0 spiro atoms. The molecule has 4 nitrogen and oxygen atoms in total. The van der Waals surface area contributed by atoms with Crippen molar-refractivity contribution in [2.45, 2.75) is 37.6 Å². The Morgan fingerprint density at radius 2 is 2.00 bits per heavy atom. The lowest BCUT2D eigenvalue weighted by atomic mass is 10.1. The van der Waals surface area contributed by atoms with Gasteiger partial charge in [0.15, 0.2) is 0 Å². The van der Waals surface area contributed by atoms with Crippen LogP contribution in [0.4, 0.5) is 13.2 Å². The van der Waals surface area contributed by atoms with E-state index in [1.165, 1.54) is 6.92 Å². The highest BCUT2D eigenvalue weighted by Crippen LogP contribution is 2.51. The van der Waals surface area contributed by atoms with Gasteiger partial charge in [-0.15, -0.1) is 0 Å². The van der Waals surface area contributed by atoms with Gasteiger partial charge in [-0.1, -0.05) is 30.3 Å². The monoisotopic (exact) mass is 312 g/mol. The second-order valence-electron chi connectivity index (χ2n) is 5.84. The average Bonchev–Trinajstić information content (AvgIpc) is 3.18. The topological polar surface area (TPSA) is 52.9 Å². The molecule has 1 saturated carbocycles. The van der Waals surface area contributed by atoms with Crippen molar-refractivity contribution in [1.82, 2.24) is 5.01 Å². The Kier molecular flexibility index (Phi) is 3.28. The maximum atomic E-state index is 13.1. The van der Waals surface area contributed by atoms with Crippen molar-refractivity contribution < 1.29 is 23.1 Å². The molecule has 0 bridgehead atoms. The van der Waals surface area contributed by atoms with Crippen LogP contribution in [0.5, 0.6) is 0 Å². The second kappa shape index (κ2) is 4.81. The van der Waals surface area contributed by atoms with Crippen molar-refractivity contribution >= 4 is 11.6 Å². The van der Waals surface area contributed by atoms with E-state index in [1.54, 1.807) is 0 Å². The molecule has 22 heavy (non-hydrogen) atoms. The summed E-state index contributed by atoms with van der Waals surface area (Å²) in [4.78, 5) is 12.4. The molecule has 1 aliphatic carbocycles. The van der Waals surface area contributed by atoms with Gasteiger partial charge in [-0.2, -0.15) is 23.3 Å². The van der Waals surface area contributed by atoms with E-state index in [-0.39, 0.29) is 16.6 Å². The van der Waals surface area contributed by atoms with Crippen LogP contribution in [-0.2, 0) is 4.79 Å². The summed E-state index contributed by atoms with van der Waals surface area (Å²) < 4.78 is 39.3. The van der Waals surface area contributed by atoms with Crippen molar-refractivity contribution in [2.75, 3.05) is 0 Å². The molecule has 1 amide bonds. The zero-order valence-corrected chi connectivity index (χ0v) is 11.8. The lowest BCUT2D eigenvalue weighted by Gasteiger charge is -2.32. The molecular formula is C15H15F3N2O2. The van der Waals surface area contributed by atoms with E-state index >= 15 is 0 Å². The molecule has 118 valence electrons. The molecule has 3 rings (SSSR count). The molecule has 2 aliphatic rings. The van der Waals surface area contributed by atoms with E-state index in [1.807, 2.05) is 30.3 Å². The third-order valence-corrected chi connectivity index (χ3v) is 4.12. The predicted molar refractivity (Wildman–Crippen MR) is 72.9 cm³/mol. The molecule has 1 aromatic rings.